The lowest BCUT2D eigenvalue weighted by atomic mass is 10.5. The van der Waals surface area contributed by atoms with Gasteiger partial charge in [0.1, 0.15) is 31.6 Å². The zero-order valence-electron chi connectivity index (χ0n) is 8.41. The van der Waals surface area contributed by atoms with E-state index in [1.807, 2.05) is 6.92 Å². The molecule has 0 unspecified atom stereocenters. The van der Waals surface area contributed by atoms with Gasteiger partial charge in [0, 0.05) is 6.54 Å². The monoisotopic (exact) mass is 208 g/mol. The number of rotatable bonds is 4. The lowest BCUT2D eigenvalue weighted by Gasteiger charge is -2.04. The minimum absolute atomic E-state index is 0.125. The summed E-state index contributed by atoms with van der Waals surface area (Å²) >= 11 is 0. The third kappa shape index (κ3) is 1.86. The Balaban J connectivity index is 2.21. The first-order valence-electron chi connectivity index (χ1n) is 4.69. The summed E-state index contributed by atoms with van der Waals surface area (Å²) in [5.41, 5.74) is 0. The van der Waals surface area contributed by atoms with Crippen molar-refractivity contribution in [2.45, 2.75) is 26.6 Å². The van der Waals surface area contributed by atoms with Gasteiger partial charge in [-0.25, -0.2) is 19.3 Å². The average molecular weight is 208 g/mol. The highest BCUT2D eigenvalue weighted by Crippen LogP contribution is 2.00. The van der Waals surface area contributed by atoms with Crippen LogP contribution in [0.3, 0.4) is 0 Å². The summed E-state index contributed by atoms with van der Waals surface area (Å²) in [7, 11) is 0. The van der Waals surface area contributed by atoms with Crippen molar-refractivity contribution >= 4 is 0 Å². The normalized spacial score (nSPS) is 10.8. The Morgan fingerprint density at radius 1 is 1.13 bits per heavy atom. The molecular formula is C8H12N6O. The first-order valence-corrected chi connectivity index (χ1v) is 4.69. The number of hydrogen-bond acceptors (Lipinski definition) is 5. The molecule has 0 spiro atoms. The van der Waals surface area contributed by atoms with Crippen LogP contribution in [0.2, 0.25) is 0 Å². The number of aryl methyl sites for hydroxylation is 1. The molecule has 0 atom stereocenters. The fourth-order valence-electron chi connectivity index (χ4n) is 1.35. The van der Waals surface area contributed by atoms with Crippen LogP contribution in [0.5, 0.6) is 0 Å². The predicted molar refractivity (Wildman–Crippen MR) is 50.7 cm³/mol. The Hall–Kier alpha value is -1.76. The minimum atomic E-state index is -0.125. The Labute approximate surface area is 86.4 Å². The predicted octanol–water partition coefficient (Wildman–Crippen LogP) is -0.570. The van der Waals surface area contributed by atoms with Crippen LogP contribution in [0.4, 0.5) is 0 Å². The third-order valence-corrected chi connectivity index (χ3v) is 2.12. The maximum Gasteiger partial charge on any atom is 0.153 e. The van der Waals surface area contributed by atoms with Crippen LogP contribution in [0.25, 0.3) is 0 Å². The van der Waals surface area contributed by atoms with Crippen LogP contribution in [0.15, 0.2) is 12.7 Å². The van der Waals surface area contributed by atoms with Crippen molar-refractivity contribution in [1.82, 2.24) is 29.5 Å². The van der Waals surface area contributed by atoms with Gasteiger partial charge in [-0.1, -0.05) is 0 Å². The molecule has 0 aliphatic rings. The van der Waals surface area contributed by atoms with E-state index in [1.165, 1.54) is 12.7 Å². The van der Waals surface area contributed by atoms with Crippen molar-refractivity contribution in [3.05, 3.63) is 24.3 Å². The van der Waals surface area contributed by atoms with E-state index in [9.17, 15) is 0 Å². The molecule has 0 radical (unpaired) electrons. The average Bonchev–Trinajstić information content (AvgIpc) is 2.87. The molecule has 0 aliphatic carbocycles. The lowest BCUT2D eigenvalue weighted by Crippen LogP contribution is -2.12. The molecule has 0 saturated heterocycles. The Bertz CT molecular complexity index is 394. The number of nitrogens with zero attached hydrogens (tertiary/aromatic N) is 6. The van der Waals surface area contributed by atoms with Crippen molar-refractivity contribution in [2.24, 2.45) is 0 Å². The highest BCUT2D eigenvalue weighted by Gasteiger charge is 2.07. The highest BCUT2D eigenvalue weighted by atomic mass is 16.3. The second-order valence-corrected chi connectivity index (χ2v) is 2.98. The highest BCUT2D eigenvalue weighted by molar-refractivity contribution is 4.90. The smallest absolute Gasteiger partial charge is 0.153 e. The van der Waals surface area contributed by atoms with E-state index in [2.05, 4.69) is 20.2 Å². The molecule has 0 aromatic carbocycles. The zero-order chi connectivity index (χ0) is 10.7. The van der Waals surface area contributed by atoms with Gasteiger partial charge in [-0.2, -0.15) is 10.2 Å². The van der Waals surface area contributed by atoms with E-state index < -0.39 is 0 Å². The van der Waals surface area contributed by atoms with E-state index in [4.69, 9.17) is 5.11 Å². The molecule has 0 amide bonds. The second kappa shape index (κ2) is 4.18. The quantitative estimate of drug-likeness (QED) is 0.727. The summed E-state index contributed by atoms with van der Waals surface area (Å²) in [6, 6.07) is 0. The van der Waals surface area contributed by atoms with Crippen molar-refractivity contribution in [2.75, 3.05) is 0 Å². The molecule has 0 aliphatic heterocycles. The maximum atomic E-state index is 9.00. The van der Waals surface area contributed by atoms with Gasteiger partial charge in [-0.15, -0.1) is 0 Å². The summed E-state index contributed by atoms with van der Waals surface area (Å²) in [4.78, 5) is 8.03. The number of aromatic nitrogens is 6. The van der Waals surface area contributed by atoms with Gasteiger partial charge < -0.3 is 5.11 Å². The van der Waals surface area contributed by atoms with Crippen LogP contribution >= 0.6 is 0 Å². The molecule has 2 rings (SSSR count). The fraction of sp³-hybridized carbons (Fsp3) is 0.500. The standard InChI is InChI=1S/C8H12N6O/c1-2-13-7(9-5-11-13)3-14-8(4-15)10-6-12-14/h5-6,15H,2-4H2,1H3. The minimum Gasteiger partial charge on any atom is -0.388 e. The molecule has 1 N–H and O–H groups in total. The van der Waals surface area contributed by atoms with Crippen LogP contribution in [-0.2, 0) is 19.7 Å². The van der Waals surface area contributed by atoms with E-state index in [0.717, 1.165) is 12.4 Å². The SMILES string of the molecule is CCn1ncnc1Cn1ncnc1CO. The van der Waals surface area contributed by atoms with Gasteiger partial charge in [-0.05, 0) is 6.92 Å². The van der Waals surface area contributed by atoms with Crippen LogP contribution in [0, 0.1) is 0 Å². The maximum absolute atomic E-state index is 9.00. The number of aliphatic hydroxyl groups excluding tert-OH is 1. The Morgan fingerprint density at radius 3 is 2.47 bits per heavy atom. The molecule has 0 saturated carbocycles. The van der Waals surface area contributed by atoms with E-state index in [0.29, 0.717) is 12.4 Å². The molecule has 2 heterocycles. The van der Waals surface area contributed by atoms with Gasteiger partial charge in [0.15, 0.2) is 5.82 Å². The van der Waals surface area contributed by atoms with Crippen LogP contribution in [0.1, 0.15) is 18.6 Å². The molecule has 0 bridgehead atoms. The molecule has 80 valence electrons. The lowest BCUT2D eigenvalue weighted by molar-refractivity contribution is 0.263. The van der Waals surface area contributed by atoms with E-state index >= 15 is 0 Å². The Kier molecular flexibility index (Phi) is 2.72. The largest absolute Gasteiger partial charge is 0.388 e. The van der Waals surface area contributed by atoms with Crippen molar-refractivity contribution in [3.63, 3.8) is 0 Å². The fourth-order valence-corrected chi connectivity index (χ4v) is 1.35. The van der Waals surface area contributed by atoms with Crippen molar-refractivity contribution in [3.8, 4) is 0 Å². The van der Waals surface area contributed by atoms with Crippen LogP contribution in [-0.4, -0.2) is 34.6 Å². The van der Waals surface area contributed by atoms with Crippen molar-refractivity contribution < 1.29 is 5.11 Å². The number of hydrogen-bond donors (Lipinski definition) is 1. The molecule has 15 heavy (non-hydrogen) atoms. The van der Waals surface area contributed by atoms with E-state index in [1.54, 1.807) is 9.36 Å². The summed E-state index contributed by atoms with van der Waals surface area (Å²) in [6.45, 7) is 3.11. The molecule has 2 aromatic rings. The van der Waals surface area contributed by atoms with Gasteiger partial charge in [-0.3, -0.25) is 0 Å². The van der Waals surface area contributed by atoms with Gasteiger partial charge in [0.05, 0.1) is 0 Å². The zero-order valence-corrected chi connectivity index (χ0v) is 8.41. The van der Waals surface area contributed by atoms with Gasteiger partial charge >= 0.3 is 0 Å². The van der Waals surface area contributed by atoms with Crippen molar-refractivity contribution in [1.29, 1.82) is 0 Å². The number of aliphatic hydroxyl groups is 1. The molecule has 2 aromatic heterocycles. The van der Waals surface area contributed by atoms with Gasteiger partial charge in [0.2, 0.25) is 0 Å². The summed E-state index contributed by atoms with van der Waals surface area (Å²) in [6.07, 6.45) is 2.92. The summed E-state index contributed by atoms with van der Waals surface area (Å²) in [5.74, 6) is 1.33. The van der Waals surface area contributed by atoms with E-state index in [-0.39, 0.29) is 6.61 Å². The molecule has 7 heteroatoms. The third-order valence-electron chi connectivity index (χ3n) is 2.12. The topological polar surface area (TPSA) is 81.7 Å². The first-order chi connectivity index (χ1) is 7.35. The summed E-state index contributed by atoms with van der Waals surface area (Å²) in [5, 5.41) is 17.1. The first kappa shape index (κ1) is 9.78. The van der Waals surface area contributed by atoms with Gasteiger partial charge in [0.25, 0.3) is 0 Å². The second-order valence-electron chi connectivity index (χ2n) is 2.98. The molecule has 7 nitrogen and oxygen atoms in total. The van der Waals surface area contributed by atoms with Crippen LogP contribution < -0.4 is 0 Å². The summed E-state index contributed by atoms with van der Waals surface area (Å²) < 4.78 is 3.39. The molecular weight excluding hydrogens is 196 g/mol. The Morgan fingerprint density at radius 2 is 1.80 bits per heavy atom. The molecule has 0 fully saturated rings.